The van der Waals surface area contributed by atoms with Crippen LogP contribution in [-0.4, -0.2) is 52.3 Å². The number of nitrogens with one attached hydrogen (secondary N) is 3. The molecule has 1 aliphatic heterocycles. The number of carbonyl (C=O) groups is 1. The Hall–Kier alpha value is -2.10. The third kappa shape index (κ3) is 4.74. The van der Waals surface area contributed by atoms with E-state index in [-0.39, 0.29) is 5.91 Å². The first-order valence-electron chi connectivity index (χ1n) is 7.19. The van der Waals surface area contributed by atoms with Crippen LogP contribution in [0.4, 0.5) is 5.69 Å². The minimum absolute atomic E-state index is 0.0268. The number of hydrogen-bond donors (Lipinski definition) is 3. The summed E-state index contributed by atoms with van der Waals surface area (Å²) >= 11 is 0. The highest BCUT2D eigenvalue weighted by Gasteiger charge is 2.24. The molecule has 1 fully saturated rings. The van der Waals surface area contributed by atoms with E-state index < -0.39 is 0 Å². The molecule has 0 bridgehead atoms. The SMILES string of the molecule is COc1ccc(NC(=O)C[NH+]2CC[NH+](CC#N)CC2)cc1. The van der Waals surface area contributed by atoms with E-state index in [0.29, 0.717) is 13.1 Å². The number of amides is 1. The lowest BCUT2D eigenvalue weighted by Crippen LogP contribution is -3.28. The van der Waals surface area contributed by atoms with Gasteiger partial charge in [-0.3, -0.25) is 4.79 Å². The predicted octanol–water partition coefficient (Wildman–Crippen LogP) is -2.06. The van der Waals surface area contributed by atoms with E-state index in [1.54, 1.807) is 7.11 Å². The predicted molar refractivity (Wildman–Crippen MR) is 78.4 cm³/mol. The molecule has 0 unspecified atom stereocenters. The molecule has 1 aliphatic rings. The summed E-state index contributed by atoms with van der Waals surface area (Å²) in [7, 11) is 1.62. The van der Waals surface area contributed by atoms with Gasteiger partial charge < -0.3 is 19.9 Å². The van der Waals surface area contributed by atoms with Crippen LogP contribution in [-0.2, 0) is 4.79 Å². The van der Waals surface area contributed by atoms with E-state index in [0.717, 1.165) is 37.6 Å². The first-order chi connectivity index (χ1) is 10.2. The molecule has 3 N–H and O–H groups in total. The molecule has 1 amide bonds. The second-order valence-electron chi connectivity index (χ2n) is 5.29. The minimum Gasteiger partial charge on any atom is -0.497 e. The van der Waals surface area contributed by atoms with Gasteiger partial charge in [0.05, 0.1) is 7.11 Å². The molecular weight excluding hydrogens is 268 g/mol. The van der Waals surface area contributed by atoms with Crippen LogP contribution in [0.3, 0.4) is 0 Å². The van der Waals surface area contributed by atoms with Crippen molar-refractivity contribution in [1.29, 1.82) is 5.26 Å². The molecule has 112 valence electrons. The van der Waals surface area contributed by atoms with Crippen LogP contribution >= 0.6 is 0 Å². The molecule has 0 aromatic heterocycles. The summed E-state index contributed by atoms with van der Waals surface area (Å²) in [6, 6.07) is 9.52. The maximum atomic E-state index is 12.0. The van der Waals surface area contributed by atoms with E-state index >= 15 is 0 Å². The maximum absolute atomic E-state index is 12.0. The Kier molecular flexibility index (Phi) is 5.55. The number of methoxy groups -OCH3 is 1. The van der Waals surface area contributed by atoms with Crippen LogP contribution in [0.1, 0.15) is 0 Å². The maximum Gasteiger partial charge on any atom is 0.279 e. The zero-order valence-electron chi connectivity index (χ0n) is 12.3. The lowest BCUT2D eigenvalue weighted by Gasteiger charge is -2.27. The van der Waals surface area contributed by atoms with Gasteiger partial charge in [0.15, 0.2) is 13.1 Å². The average molecular weight is 290 g/mol. The molecule has 2 rings (SSSR count). The normalized spacial score (nSPS) is 21.3. The Morgan fingerprint density at radius 1 is 1.24 bits per heavy atom. The van der Waals surface area contributed by atoms with Crippen LogP contribution in [0.15, 0.2) is 24.3 Å². The lowest BCUT2D eigenvalue weighted by atomic mass is 10.3. The number of carbonyl (C=O) groups excluding carboxylic acids is 1. The highest BCUT2D eigenvalue weighted by atomic mass is 16.5. The van der Waals surface area contributed by atoms with Crippen molar-refractivity contribution in [3.63, 3.8) is 0 Å². The van der Waals surface area contributed by atoms with E-state index in [9.17, 15) is 4.79 Å². The fourth-order valence-electron chi connectivity index (χ4n) is 2.53. The van der Waals surface area contributed by atoms with Crippen molar-refractivity contribution in [3.8, 4) is 11.8 Å². The van der Waals surface area contributed by atoms with Gasteiger partial charge in [0.25, 0.3) is 5.91 Å². The minimum atomic E-state index is 0.0268. The average Bonchev–Trinajstić information content (AvgIpc) is 2.50. The Morgan fingerprint density at radius 3 is 2.43 bits per heavy atom. The van der Waals surface area contributed by atoms with E-state index in [1.807, 2.05) is 24.3 Å². The Bertz CT molecular complexity index is 501. The topological polar surface area (TPSA) is 71.0 Å². The van der Waals surface area contributed by atoms with Crippen molar-refractivity contribution in [2.24, 2.45) is 0 Å². The summed E-state index contributed by atoms with van der Waals surface area (Å²) in [6.45, 7) is 4.83. The first kappa shape index (κ1) is 15.3. The van der Waals surface area contributed by atoms with Crippen molar-refractivity contribution in [2.45, 2.75) is 0 Å². The number of hydrogen-bond acceptors (Lipinski definition) is 3. The molecule has 0 aliphatic carbocycles. The van der Waals surface area contributed by atoms with Crippen LogP contribution in [0.2, 0.25) is 0 Å². The van der Waals surface area contributed by atoms with Crippen molar-refractivity contribution < 1.29 is 19.3 Å². The lowest BCUT2D eigenvalue weighted by molar-refractivity contribution is -1.01. The van der Waals surface area contributed by atoms with Crippen LogP contribution < -0.4 is 19.9 Å². The van der Waals surface area contributed by atoms with Crippen LogP contribution in [0, 0.1) is 11.3 Å². The number of anilines is 1. The highest BCUT2D eigenvalue weighted by Crippen LogP contribution is 2.14. The van der Waals surface area contributed by atoms with Gasteiger partial charge in [-0.2, -0.15) is 5.26 Å². The zero-order valence-corrected chi connectivity index (χ0v) is 12.3. The fraction of sp³-hybridized carbons (Fsp3) is 0.467. The third-order valence-corrected chi connectivity index (χ3v) is 3.78. The molecule has 21 heavy (non-hydrogen) atoms. The molecule has 6 nitrogen and oxygen atoms in total. The van der Waals surface area contributed by atoms with E-state index in [2.05, 4.69) is 11.4 Å². The standard InChI is InChI=1S/C15H20N4O2/c1-21-14-4-2-13(3-5-14)17-15(20)12-19-10-8-18(7-6-16)9-11-19/h2-5H,7-12H2,1H3,(H,17,20)/p+2. The van der Waals surface area contributed by atoms with Gasteiger partial charge in [-0.05, 0) is 24.3 Å². The number of quaternary nitrogens is 2. The molecule has 1 aromatic rings. The molecular formula is C15H22N4O2+2. The number of ether oxygens (including phenoxy) is 1. The number of nitriles is 1. The van der Waals surface area contributed by atoms with Gasteiger partial charge in [-0.15, -0.1) is 0 Å². The summed E-state index contributed by atoms with van der Waals surface area (Å²) in [5.41, 5.74) is 0.786. The summed E-state index contributed by atoms with van der Waals surface area (Å²) < 4.78 is 5.08. The number of nitrogens with zero attached hydrogens (tertiary/aromatic N) is 1. The third-order valence-electron chi connectivity index (χ3n) is 3.78. The molecule has 0 atom stereocenters. The smallest absolute Gasteiger partial charge is 0.279 e. The molecule has 0 spiro atoms. The summed E-state index contributed by atoms with van der Waals surface area (Å²) in [5.74, 6) is 0.800. The van der Waals surface area contributed by atoms with Gasteiger partial charge in [0.1, 0.15) is 38.0 Å². The molecule has 0 radical (unpaired) electrons. The molecule has 1 heterocycles. The van der Waals surface area contributed by atoms with Crippen molar-refractivity contribution in [1.82, 2.24) is 0 Å². The molecule has 1 aromatic carbocycles. The number of rotatable bonds is 5. The van der Waals surface area contributed by atoms with Crippen LogP contribution in [0.5, 0.6) is 5.75 Å². The van der Waals surface area contributed by atoms with Crippen molar-refractivity contribution in [3.05, 3.63) is 24.3 Å². The van der Waals surface area contributed by atoms with Gasteiger partial charge in [-0.25, -0.2) is 0 Å². The highest BCUT2D eigenvalue weighted by molar-refractivity contribution is 5.91. The van der Waals surface area contributed by atoms with Gasteiger partial charge in [0, 0.05) is 5.69 Å². The monoisotopic (exact) mass is 290 g/mol. The van der Waals surface area contributed by atoms with Crippen molar-refractivity contribution in [2.75, 3.05) is 51.7 Å². The first-order valence-corrected chi connectivity index (χ1v) is 7.19. The van der Waals surface area contributed by atoms with Crippen LogP contribution in [0.25, 0.3) is 0 Å². The van der Waals surface area contributed by atoms with Gasteiger partial charge in [0.2, 0.25) is 0 Å². The Morgan fingerprint density at radius 2 is 1.86 bits per heavy atom. The largest absolute Gasteiger partial charge is 0.497 e. The van der Waals surface area contributed by atoms with Gasteiger partial charge >= 0.3 is 0 Å². The summed E-state index contributed by atoms with van der Waals surface area (Å²) in [4.78, 5) is 14.6. The van der Waals surface area contributed by atoms with E-state index in [1.165, 1.54) is 9.80 Å². The number of benzene rings is 1. The van der Waals surface area contributed by atoms with E-state index in [4.69, 9.17) is 10.00 Å². The Balaban J connectivity index is 1.76. The molecule has 6 heteroatoms. The van der Waals surface area contributed by atoms with Crippen molar-refractivity contribution >= 4 is 11.6 Å². The zero-order chi connectivity index (χ0) is 15.1. The quantitative estimate of drug-likeness (QED) is 0.546. The molecule has 1 saturated heterocycles. The number of piperazine rings is 1. The van der Waals surface area contributed by atoms with Gasteiger partial charge in [-0.1, -0.05) is 0 Å². The fourth-order valence-corrected chi connectivity index (χ4v) is 2.53. The second kappa shape index (κ2) is 7.62. The Labute approximate surface area is 124 Å². The summed E-state index contributed by atoms with van der Waals surface area (Å²) in [5, 5.41) is 11.6. The second-order valence-corrected chi connectivity index (χ2v) is 5.29. The molecule has 0 saturated carbocycles. The summed E-state index contributed by atoms with van der Waals surface area (Å²) in [6.07, 6.45) is 0.